The Morgan fingerprint density at radius 3 is 2.65 bits per heavy atom. The third-order valence-electron chi connectivity index (χ3n) is 6.10. The number of hydrogen-bond donors (Lipinski definition) is 2. The normalized spacial score (nSPS) is 33.3. The Balaban J connectivity index is 1.62. The fourth-order valence-electron chi connectivity index (χ4n) is 5.05. The molecule has 1 aromatic rings. The molecule has 0 aromatic heterocycles. The minimum absolute atomic E-state index is 0.124. The zero-order valence-electron chi connectivity index (χ0n) is 14.8. The van der Waals surface area contributed by atoms with Crippen LogP contribution in [0.2, 0.25) is 0 Å². The summed E-state index contributed by atoms with van der Waals surface area (Å²) in [5.74, 6) is 0.673. The molecule has 3 atom stereocenters. The van der Waals surface area contributed by atoms with Gasteiger partial charge in [-0.25, -0.2) is 13.1 Å². The summed E-state index contributed by atoms with van der Waals surface area (Å²) in [4.78, 5) is 17.1. The third kappa shape index (κ3) is 3.21. The van der Waals surface area contributed by atoms with Gasteiger partial charge in [-0.1, -0.05) is 12.1 Å². The Kier molecular flexibility index (Phi) is 4.45. The summed E-state index contributed by atoms with van der Waals surface area (Å²) < 4.78 is 25.1. The molecular weight excluding hydrogens is 354 g/mol. The van der Waals surface area contributed by atoms with Crippen LogP contribution in [-0.4, -0.2) is 73.7 Å². The van der Waals surface area contributed by atoms with Crippen molar-refractivity contribution in [1.29, 1.82) is 0 Å². The number of phenolic OH excluding ortho intramolecular Hbond substituents is 1. The molecular formula is C18H25N3O4S. The van der Waals surface area contributed by atoms with Gasteiger partial charge in [0.25, 0.3) is 0 Å². The lowest BCUT2D eigenvalue weighted by atomic mass is 9.75. The number of likely N-dealkylation sites (tertiary alicyclic amines) is 1. The monoisotopic (exact) mass is 379 g/mol. The molecule has 4 aliphatic rings. The lowest BCUT2D eigenvalue weighted by molar-refractivity contribution is -0.134. The molecule has 5 rings (SSSR count). The highest BCUT2D eigenvalue weighted by molar-refractivity contribution is 7.88. The van der Waals surface area contributed by atoms with E-state index in [4.69, 9.17) is 0 Å². The molecule has 0 radical (unpaired) electrons. The molecule has 2 N–H and O–H groups in total. The lowest BCUT2D eigenvalue weighted by Gasteiger charge is -2.51. The summed E-state index contributed by atoms with van der Waals surface area (Å²) in [7, 11) is -3.40. The van der Waals surface area contributed by atoms with Gasteiger partial charge in [0, 0.05) is 18.5 Å². The predicted molar refractivity (Wildman–Crippen MR) is 97.3 cm³/mol. The molecule has 4 fully saturated rings. The number of carbonyl (C=O) groups is 1. The summed E-state index contributed by atoms with van der Waals surface area (Å²) in [6, 6.07) is 7.65. The number of sulfonamides is 1. The van der Waals surface area contributed by atoms with Crippen molar-refractivity contribution < 1.29 is 18.3 Å². The van der Waals surface area contributed by atoms with Crippen molar-refractivity contribution in [2.24, 2.45) is 5.92 Å². The SMILES string of the molecule is CS(=O)(=O)NCC(=O)N1C[C@H](c2cccc(O)c2)[C@H]2[C@@H]1C1CCN2CC1. The van der Waals surface area contributed by atoms with Crippen molar-refractivity contribution in [3.05, 3.63) is 29.8 Å². The minimum Gasteiger partial charge on any atom is -0.508 e. The average molecular weight is 379 g/mol. The fraction of sp³-hybridized carbons (Fsp3) is 0.611. The van der Waals surface area contributed by atoms with E-state index in [1.807, 2.05) is 17.0 Å². The zero-order chi connectivity index (χ0) is 18.5. The number of rotatable bonds is 4. The Labute approximate surface area is 154 Å². The Morgan fingerprint density at radius 1 is 1.27 bits per heavy atom. The van der Waals surface area contributed by atoms with Crippen LogP contribution in [0.15, 0.2) is 24.3 Å². The van der Waals surface area contributed by atoms with Crippen LogP contribution in [-0.2, 0) is 14.8 Å². The molecule has 142 valence electrons. The van der Waals surface area contributed by atoms with Crippen LogP contribution in [0.4, 0.5) is 0 Å². The summed E-state index contributed by atoms with van der Waals surface area (Å²) in [5.41, 5.74) is 1.04. The van der Waals surface area contributed by atoms with Gasteiger partial charge >= 0.3 is 0 Å². The predicted octanol–water partition coefficient (Wildman–Crippen LogP) is 0.330. The molecule has 4 heterocycles. The maximum Gasteiger partial charge on any atom is 0.237 e. The van der Waals surface area contributed by atoms with Crippen molar-refractivity contribution in [3.63, 3.8) is 0 Å². The number of aromatic hydroxyl groups is 1. The summed E-state index contributed by atoms with van der Waals surface area (Å²) in [6.07, 6.45) is 3.23. The highest BCUT2D eigenvalue weighted by atomic mass is 32.2. The van der Waals surface area contributed by atoms with Crippen LogP contribution in [0.25, 0.3) is 0 Å². The van der Waals surface area contributed by atoms with E-state index in [1.165, 1.54) is 0 Å². The van der Waals surface area contributed by atoms with Gasteiger partial charge in [0.05, 0.1) is 18.8 Å². The van der Waals surface area contributed by atoms with Crippen LogP contribution in [0.3, 0.4) is 0 Å². The van der Waals surface area contributed by atoms with Gasteiger partial charge in [-0.05, 0) is 49.5 Å². The number of carbonyl (C=O) groups excluding carboxylic acids is 1. The maximum absolute atomic E-state index is 12.8. The second-order valence-corrected chi connectivity index (χ2v) is 9.53. The molecule has 8 heteroatoms. The number of phenols is 1. The lowest BCUT2D eigenvalue weighted by Crippen LogP contribution is -2.61. The summed E-state index contributed by atoms with van der Waals surface area (Å²) in [5, 5.41) is 9.88. The molecule has 0 unspecified atom stereocenters. The van der Waals surface area contributed by atoms with E-state index in [1.54, 1.807) is 12.1 Å². The van der Waals surface area contributed by atoms with Crippen molar-refractivity contribution in [2.45, 2.75) is 30.8 Å². The van der Waals surface area contributed by atoms with E-state index in [9.17, 15) is 18.3 Å². The van der Waals surface area contributed by atoms with Gasteiger partial charge in [0.15, 0.2) is 0 Å². The summed E-state index contributed by atoms with van der Waals surface area (Å²) in [6.45, 7) is 2.47. The standard InChI is InChI=1S/C18H25N3O4S/c1-26(24,25)19-10-16(23)21-11-15(13-3-2-4-14(22)9-13)18-17(21)12-5-7-20(18)8-6-12/h2-4,9,12,15,17-19,22H,5-8,10-11H2,1H3/t15-,17+,18+/m1/s1. The van der Waals surface area contributed by atoms with Gasteiger partial charge < -0.3 is 10.0 Å². The number of nitrogens with zero attached hydrogens (tertiary/aromatic N) is 2. The maximum atomic E-state index is 12.8. The minimum atomic E-state index is -3.40. The second-order valence-electron chi connectivity index (χ2n) is 7.70. The van der Waals surface area contributed by atoms with Gasteiger partial charge in [0.2, 0.25) is 15.9 Å². The van der Waals surface area contributed by atoms with Crippen molar-refractivity contribution in [1.82, 2.24) is 14.5 Å². The first-order chi connectivity index (χ1) is 12.3. The van der Waals surface area contributed by atoms with Crippen LogP contribution < -0.4 is 4.72 Å². The largest absolute Gasteiger partial charge is 0.508 e. The number of hydrogen-bond acceptors (Lipinski definition) is 5. The molecule has 26 heavy (non-hydrogen) atoms. The first-order valence-corrected chi connectivity index (χ1v) is 11.0. The van der Waals surface area contributed by atoms with Crippen LogP contribution in [0, 0.1) is 5.92 Å². The Hall–Kier alpha value is -1.64. The molecule has 1 amide bonds. The molecule has 4 aliphatic heterocycles. The topological polar surface area (TPSA) is 90.0 Å². The van der Waals surface area contributed by atoms with E-state index >= 15 is 0 Å². The van der Waals surface area contributed by atoms with Gasteiger partial charge in [-0.15, -0.1) is 0 Å². The first-order valence-electron chi connectivity index (χ1n) is 9.10. The molecule has 4 saturated heterocycles. The van der Waals surface area contributed by atoms with Gasteiger partial charge in [0.1, 0.15) is 5.75 Å². The van der Waals surface area contributed by atoms with E-state index in [-0.39, 0.29) is 36.2 Å². The molecule has 0 spiro atoms. The fourth-order valence-corrected chi connectivity index (χ4v) is 5.43. The molecule has 0 aliphatic carbocycles. The summed E-state index contributed by atoms with van der Waals surface area (Å²) >= 11 is 0. The quantitative estimate of drug-likeness (QED) is 0.787. The molecule has 7 nitrogen and oxygen atoms in total. The van der Waals surface area contributed by atoms with E-state index in [0.29, 0.717) is 12.5 Å². The molecule has 0 saturated carbocycles. The highest BCUT2D eigenvalue weighted by Gasteiger charge is 2.54. The van der Waals surface area contributed by atoms with Crippen molar-refractivity contribution in [2.75, 3.05) is 32.4 Å². The molecule has 2 bridgehead atoms. The van der Waals surface area contributed by atoms with Crippen molar-refractivity contribution in [3.8, 4) is 5.75 Å². The average Bonchev–Trinajstić information content (AvgIpc) is 3.03. The van der Waals surface area contributed by atoms with Crippen LogP contribution in [0.1, 0.15) is 24.3 Å². The number of benzene rings is 1. The number of piperidine rings is 3. The Bertz CT molecular complexity index is 804. The number of fused-ring (bicyclic) bond motifs is 2. The Morgan fingerprint density at radius 2 is 2.00 bits per heavy atom. The van der Waals surface area contributed by atoms with Gasteiger partial charge in [-0.2, -0.15) is 0 Å². The van der Waals surface area contributed by atoms with Gasteiger partial charge in [-0.3, -0.25) is 9.69 Å². The first kappa shape index (κ1) is 17.8. The second kappa shape index (κ2) is 6.51. The van der Waals surface area contributed by atoms with Crippen LogP contribution in [0.5, 0.6) is 5.75 Å². The highest BCUT2D eigenvalue weighted by Crippen LogP contribution is 2.46. The number of amides is 1. The zero-order valence-corrected chi connectivity index (χ0v) is 15.7. The smallest absolute Gasteiger partial charge is 0.237 e. The van der Waals surface area contributed by atoms with E-state index in [2.05, 4.69) is 9.62 Å². The molecule has 1 aromatic carbocycles. The van der Waals surface area contributed by atoms with E-state index in [0.717, 1.165) is 37.8 Å². The van der Waals surface area contributed by atoms with Crippen molar-refractivity contribution >= 4 is 15.9 Å². The third-order valence-corrected chi connectivity index (χ3v) is 6.77. The number of nitrogens with one attached hydrogen (secondary N) is 1. The van der Waals surface area contributed by atoms with E-state index < -0.39 is 10.0 Å². The van der Waals surface area contributed by atoms with Crippen LogP contribution >= 0.6 is 0 Å².